The first-order valence-corrected chi connectivity index (χ1v) is 2.97. The molecule has 0 radical (unpaired) electrons. The highest BCUT2D eigenvalue weighted by molar-refractivity contribution is 7.76. The molecule has 0 aliphatic rings. The summed E-state index contributed by atoms with van der Waals surface area (Å²) in [5, 5.41) is 0. The second-order valence-corrected chi connectivity index (χ2v) is 1.62. The van der Waals surface area contributed by atoms with E-state index in [1.807, 2.05) is 0 Å². The van der Waals surface area contributed by atoms with Gasteiger partial charge in [0.25, 0.3) is 11.3 Å². The molecule has 0 bridgehead atoms. The third kappa shape index (κ3) is 5.15. The van der Waals surface area contributed by atoms with Gasteiger partial charge in [-0.25, -0.2) is 9.00 Å². The first kappa shape index (κ1) is 8.28. The third-order valence-electron chi connectivity index (χ3n) is 0.380. The van der Waals surface area contributed by atoms with Crippen molar-refractivity contribution in [2.24, 2.45) is 0 Å². The van der Waals surface area contributed by atoms with E-state index in [0.717, 1.165) is 6.08 Å². The van der Waals surface area contributed by atoms with Crippen LogP contribution in [0.25, 0.3) is 0 Å². The highest BCUT2D eigenvalue weighted by atomic mass is 32.2. The Morgan fingerprint density at radius 1 is 1.89 bits per heavy atom. The van der Waals surface area contributed by atoms with Crippen LogP contribution >= 0.6 is 0 Å². The van der Waals surface area contributed by atoms with E-state index in [9.17, 15) is 9.00 Å². The van der Waals surface area contributed by atoms with Crippen LogP contribution in [0.2, 0.25) is 0 Å². The Labute approximate surface area is 54.1 Å². The van der Waals surface area contributed by atoms with Crippen LogP contribution in [0.15, 0.2) is 12.7 Å². The highest BCUT2D eigenvalue weighted by Crippen LogP contribution is 1.72. The summed E-state index contributed by atoms with van der Waals surface area (Å²) in [6.07, 6.45) is 0.861. The van der Waals surface area contributed by atoms with Crippen LogP contribution in [-0.4, -0.2) is 14.7 Å². The minimum absolute atomic E-state index is 0.808. The van der Waals surface area contributed by atoms with Crippen LogP contribution in [-0.2, 0) is 20.9 Å². The molecular weight excluding hydrogens is 146 g/mol. The van der Waals surface area contributed by atoms with Crippen molar-refractivity contribution >= 4 is 17.2 Å². The Morgan fingerprint density at radius 2 is 2.44 bits per heavy atom. The summed E-state index contributed by atoms with van der Waals surface area (Å²) in [6, 6.07) is 0. The summed E-state index contributed by atoms with van der Waals surface area (Å²) in [7, 11) is 0. The van der Waals surface area contributed by atoms with Crippen LogP contribution in [0, 0.1) is 0 Å². The maximum atomic E-state index is 10.1. The van der Waals surface area contributed by atoms with E-state index >= 15 is 0 Å². The molecule has 1 unspecified atom stereocenters. The standard InChI is InChI=1S/C3H5NO4S/c1-2-3(5)8-4-9(6)7/h2,4H,1H2,(H,6,7). The second-order valence-electron chi connectivity index (χ2n) is 0.958. The zero-order chi connectivity index (χ0) is 7.28. The Kier molecular flexibility index (Phi) is 3.85. The van der Waals surface area contributed by atoms with E-state index in [0.29, 0.717) is 0 Å². The minimum atomic E-state index is -2.33. The Hall–Kier alpha value is -0.720. The van der Waals surface area contributed by atoms with Crippen LogP contribution in [0.5, 0.6) is 0 Å². The average Bonchev–Trinajstić information content (AvgIpc) is 1.83. The van der Waals surface area contributed by atoms with Gasteiger partial charge in [-0.15, -0.1) is 0 Å². The quantitative estimate of drug-likeness (QED) is 0.319. The fourth-order valence-corrected chi connectivity index (χ4v) is 0.272. The summed E-state index contributed by atoms with van der Waals surface area (Å²) in [5.41, 5.74) is 0. The molecule has 0 spiro atoms. The van der Waals surface area contributed by atoms with Gasteiger partial charge in [-0.05, 0) is 4.89 Å². The SMILES string of the molecule is C=CC(=O)ONS(=O)O. The molecule has 0 heterocycles. The summed E-state index contributed by atoms with van der Waals surface area (Å²) in [6.45, 7) is 3.04. The number of nitrogens with one attached hydrogen (secondary N) is 1. The Morgan fingerprint density at radius 3 is 2.78 bits per heavy atom. The molecule has 0 aromatic heterocycles. The fourth-order valence-electron chi connectivity index (χ4n) is 0.118. The lowest BCUT2D eigenvalue weighted by molar-refractivity contribution is -0.141. The Balaban J connectivity index is 3.39. The van der Waals surface area contributed by atoms with Crippen LogP contribution < -0.4 is 4.89 Å². The largest absolute Gasteiger partial charge is 0.352 e. The van der Waals surface area contributed by atoms with E-state index in [-0.39, 0.29) is 0 Å². The number of carbonyl (C=O) groups is 1. The Bertz CT molecular complexity index is 145. The maximum absolute atomic E-state index is 10.1. The number of rotatable bonds is 3. The monoisotopic (exact) mass is 151 g/mol. The molecule has 0 aromatic carbocycles. The molecule has 1 atom stereocenters. The van der Waals surface area contributed by atoms with Gasteiger partial charge in [0.2, 0.25) is 0 Å². The molecular formula is C3H5NO4S. The maximum Gasteiger partial charge on any atom is 0.349 e. The molecule has 52 valence electrons. The topological polar surface area (TPSA) is 75.6 Å². The van der Waals surface area contributed by atoms with Crippen LogP contribution in [0.1, 0.15) is 0 Å². The van der Waals surface area contributed by atoms with E-state index in [4.69, 9.17) is 4.55 Å². The van der Waals surface area contributed by atoms with Gasteiger partial charge >= 0.3 is 5.97 Å². The molecule has 6 heteroatoms. The minimum Gasteiger partial charge on any atom is -0.352 e. The lowest BCUT2D eigenvalue weighted by Gasteiger charge is -1.94. The van der Waals surface area contributed by atoms with E-state index in [1.165, 1.54) is 4.89 Å². The van der Waals surface area contributed by atoms with Crippen LogP contribution in [0.3, 0.4) is 0 Å². The predicted molar refractivity (Wildman–Crippen MR) is 30.2 cm³/mol. The van der Waals surface area contributed by atoms with E-state index in [2.05, 4.69) is 11.4 Å². The average molecular weight is 151 g/mol. The van der Waals surface area contributed by atoms with Crippen molar-refractivity contribution in [3.63, 3.8) is 0 Å². The normalized spacial score (nSPS) is 12.1. The molecule has 0 aliphatic heterocycles. The summed E-state index contributed by atoms with van der Waals surface area (Å²) in [5.74, 6) is -0.808. The lowest BCUT2D eigenvalue weighted by atomic mass is 10.7. The van der Waals surface area contributed by atoms with Gasteiger partial charge in [-0.3, -0.25) is 4.55 Å². The van der Waals surface area contributed by atoms with Gasteiger partial charge < -0.3 is 4.84 Å². The van der Waals surface area contributed by atoms with Gasteiger partial charge in [-0.2, -0.15) is 0 Å². The van der Waals surface area contributed by atoms with Gasteiger partial charge in [-0.1, -0.05) is 6.58 Å². The van der Waals surface area contributed by atoms with Gasteiger partial charge in [0.05, 0.1) is 0 Å². The number of hydrogen-bond donors (Lipinski definition) is 2. The van der Waals surface area contributed by atoms with Crippen molar-refractivity contribution in [2.45, 2.75) is 0 Å². The molecule has 0 saturated carbocycles. The summed E-state index contributed by atoms with van der Waals surface area (Å²) >= 11 is -2.33. The van der Waals surface area contributed by atoms with Crippen LogP contribution in [0.4, 0.5) is 0 Å². The highest BCUT2D eigenvalue weighted by Gasteiger charge is 1.95. The molecule has 0 saturated heterocycles. The predicted octanol–water partition coefficient (Wildman–Crippen LogP) is -0.643. The van der Waals surface area contributed by atoms with Crippen molar-refractivity contribution in [2.75, 3.05) is 0 Å². The van der Waals surface area contributed by atoms with Crippen molar-refractivity contribution in [1.29, 1.82) is 0 Å². The van der Waals surface area contributed by atoms with Crippen molar-refractivity contribution < 1.29 is 18.4 Å². The number of hydrogen-bond acceptors (Lipinski definition) is 3. The molecule has 0 rings (SSSR count). The molecule has 9 heavy (non-hydrogen) atoms. The number of carbonyl (C=O) groups excluding carboxylic acids is 1. The first-order chi connectivity index (χ1) is 4.16. The van der Waals surface area contributed by atoms with Gasteiger partial charge in [0, 0.05) is 6.08 Å². The van der Waals surface area contributed by atoms with Gasteiger partial charge in [0.1, 0.15) is 0 Å². The van der Waals surface area contributed by atoms with Crippen molar-refractivity contribution in [3.8, 4) is 0 Å². The molecule has 0 fully saturated rings. The van der Waals surface area contributed by atoms with E-state index in [1.54, 1.807) is 0 Å². The smallest absolute Gasteiger partial charge is 0.349 e. The second kappa shape index (κ2) is 4.19. The van der Waals surface area contributed by atoms with E-state index < -0.39 is 17.2 Å². The molecule has 0 amide bonds. The summed E-state index contributed by atoms with van der Waals surface area (Å²) in [4.78, 5) is 15.5. The first-order valence-electron chi connectivity index (χ1n) is 1.86. The zero-order valence-corrected chi connectivity index (χ0v) is 5.18. The zero-order valence-electron chi connectivity index (χ0n) is 4.36. The molecule has 0 aliphatic carbocycles. The summed E-state index contributed by atoms with van der Waals surface area (Å²) < 4.78 is 17.7. The third-order valence-corrected chi connectivity index (χ3v) is 0.606. The fraction of sp³-hybridized carbons (Fsp3) is 0. The molecule has 5 nitrogen and oxygen atoms in total. The molecule has 0 aromatic rings. The van der Waals surface area contributed by atoms with Crippen molar-refractivity contribution in [1.82, 2.24) is 4.89 Å². The lowest BCUT2D eigenvalue weighted by Crippen LogP contribution is -2.19. The van der Waals surface area contributed by atoms with Gasteiger partial charge in [0.15, 0.2) is 0 Å². The van der Waals surface area contributed by atoms with Crippen molar-refractivity contribution in [3.05, 3.63) is 12.7 Å². The molecule has 2 N–H and O–H groups in total.